The number of pyridine rings is 1. The lowest BCUT2D eigenvalue weighted by atomic mass is 10.0. The van der Waals surface area contributed by atoms with Gasteiger partial charge in [-0.1, -0.05) is 18.2 Å². The Morgan fingerprint density at radius 2 is 1.90 bits per heavy atom. The van der Waals surface area contributed by atoms with E-state index < -0.39 is 28.7 Å². The quantitative estimate of drug-likeness (QED) is 0.216. The second-order valence-corrected chi connectivity index (χ2v) is 6.02. The summed E-state index contributed by atoms with van der Waals surface area (Å²) in [6.45, 7) is 4.73. The molecule has 0 saturated carbocycles. The monoisotopic (exact) mass is 424 g/mol. The molecule has 0 radical (unpaired) electrons. The van der Waals surface area contributed by atoms with Gasteiger partial charge in [0.1, 0.15) is 5.15 Å². The van der Waals surface area contributed by atoms with E-state index in [4.69, 9.17) is 25.8 Å². The Morgan fingerprint density at radius 3 is 2.38 bits per heavy atom. The summed E-state index contributed by atoms with van der Waals surface area (Å²) in [5.41, 5.74) is -0.648. The zero-order valence-corrected chi connectivity index (χ0v) is 16.7. The Labute approximate surface area is 170 Å². The first kappa shape index (κ1) is 21.9. The summed E-state index contributed by atoms with van der Waals surface area (Å²) in [5.74, 6) is -1.59. The Kier molecular flexibility index (Phi) is 6.60. The van der Waals surface area contributed by atoms with Crippen LogP contribution in [-0.2, 0) is 19.1 Å². The van der Waals surface area contributed by atoms with Gasteiger partial charge in [0.2, 0.25) is 5.75 Å². The largest absolute Gasteiger partial charge is 0.493 e. The number of rotatable bonds is 7. The molecule has 0 bridgehead atoms. The number of halogens is 1. The van der Waals surface area contributed by atoms with Crippen molar-refractivity contribution in [3.63, 3.8) is 0 Å². The topological polar surface area (TPSA) is 127 Å². The number of hydrogen-bond donors (Lipinski definition) is 0. The number of ether oxygens (including phenoxy) is 4. The molecule has 0 amide bonds. The molecule has 2 aromatic rings. The highest BCUT2D eigenvalue weighted by Crippen LogP contribution is 2.44. The van der Waals surface area contributed by atoms with Crippen molar-refractivity contribution in [2.75, 3.05) is 21.3 Å². The Balaban J connectivity index is 2.82. The lowest BCUT2D eigenvalue weighted by Crippen LogP contribution is -2.18. The molecule has 0 aliphatic heterocycles. The molecule has 2 rings (SSSR count). The minimum Gasteiger partial charge on any atom is -0.493 e. The molecule has 0 aliphatic rings. The third-order valence-corrected chi connectivity index (χ3v) is 4.22. The highest BCUT2D eigenvalue weighted by molar-refractivity contribution is 6.31. The summed E-state index contributed by atoms with van der Waals surface area (Å²) in [6.07, 6.45) is -1.31. The van der Waals surface area contributed by atoms with Crippen LogP contribution < -0.4 is 9.47 Å². The number of aromatic nitrogens is 1. The van der Waals surface area contributed by atoms with E-state index in [0.29, 0.717) is 0 Å². The molecule has 0 saturated heterocycles. The number of carbonyl (C=O) groups excluding carboxylic acids is 2. The first-order valence-electron chi connectivity index (χ1n) is 8.00. The standard InChI is InChI=1S/C18H17ClN2O8/c1-8(18(23)28-5)15(29-9(2)22)11-6-10-7-12(26-3)16(27-4)14(21(24)25)13(10)20-17(11)19/h6-7,15H,1H2,2-5H3. The number of nitrogens with zero attached hydrogens (tertiary/aromatic N) is 2. The van der Waals surface area contributed by atoms with Crippen LogP contribution in [-0.4, -0.2) is 43.2 Å². The molecule has 1 aromatic carbocycles. The van der Waals surface area contributed by atoms with Gasteiger partial charge in [0, 0.05) is 17.9 Å². The Bertz CT molecular complexity index is 1020. The summed E-state index contributed by atoms with van der Waals surface area (Å²) in [4.78, 5) is 38.5. The molecule has 29 heavy (non-hydrogen) atoms. The van der Waals surface area contributed by atoms with E-state index in [0.717, 1.165) is 14.0 Å². The van der Waals surface area contributed by atoms with Gasteiger partial charge in [0.05, 0.1) is 31.8 Å². The molecule has 0 N–H and O–H groups in total. The molecule has 11 heteroatoms. The van der Waals surface area contributed by atoms with E-state index in [2.05, 4.69) is 16.3 Å². The minimum atomic E-state index is -1.31. The van der Waals surface area contributed by atoms with Crippen LogP contribution in [0.4, 0.5) is 5.69 Å². The zero-order valence-electron chi connectivity index (χ0n) is 16.0. The first-order valence-corrected chi connectivity index (χ1v) is 8.37. The van der Waals surface area contributed by atoms with Crippen molar-refractivity contribution < 1.29 is 33.5 Å². The van der Waals surface area contributed by atoms with Gasteiger partial charge in [0.15, 0.2) is 17.4 Å². The summed E-state index contributed by atoms with van der Waals surface area (Å²) in [7, 11) is 3.71. The summed E-state index contributed by atoms with van der Waals surface area (Å²) >= 11 is 6.23. The van der Waals surface area contributed by atoms with Crippen molar-refractivity contribution in [1.29, 1.82) is 0 Å². The highest BCUT2D eigenvalue weighted by Gasteiger charge is 2.31. The van der Waals surface area contributed by atoms with E-state index in [1.54, 1.807) is 0 Å². The third-order valence-electron chi connectivity index (χ3n) is 3.92. The molecule has 0 spiro atoms. The van der Waals surface area contributed by atoms with Crippen molar-refractivity contribution in [2.24, 2.45) is 0 Å². The molecule has 1 aromatic heterocycles. The second kappa shape index (κ2) is 8.74. The van der Waals surface area contributed by atoms with Crippen LogP contribution in [0.5, 0.6) is 11.5 Å². The summed E-state index contributed by atoms with van der Waals surface area (Å²) in [6, 6.07) is 2.83. The fourth-order valence-corrected chi connectivity index (χ4v) is 2.92. The van der Waals surface area contributed by atoms with Gasteiger partial charge in [-0.05, 0) is 12.1 Å². The van der Waals surface area contributed by atoms with E-state index in [1.165, 1.54) is 26.4 Å². The van der Waals surface area contributed by atoms with Gasteiger partial charge in [-0.15, -0.1) is 0 Å². The van der Waals surface area contributed by atoms with Crippen molar-refractivity contribution >= 4 is 40.1 Å². The van der Waals surface area contributed by atoms with Crippen LogP contribution in [0.2, 0.25) is 5.15 Å². The van der Waals surface area contributed by atoms with Gasteiger partial charge in [0.25, 0.3) is 0 Å². The number of fused-ring (bicyclic) bond motifs is 1. The second-order valence-electron chi connectivity index (χ2n) is 5.66. The molecular formula is C18H17ClN2O8. The van der Waals surface area contributed by atoms with Gasteiger partial charge < -0.3 is 18.9 Å². The molecule has 154 valence electrons. The smallest absolute Gasteiger partial charge is 0.340 e. The predicted octanol–water partition coefficient (Wildman–Crippen LogP) is 3.15. The molecule has 1 atom stereocenters. The lowest BCUT2D eigenvalue weighted by Gasteiger charge is -2.20. The van der Waals surface area contributed by atoms with Crippen molar-refractivity contribution in [2.45, 2.75) is 13.0 Å². The molecular weight excluding hydrogens is 408 g/mol. The number of nitro groups is 1. The molecule has 0 fully saturated rings. The maximum Gasteiger partial charge on any atom is 0.340 e. The normalized spacial score (nSPS) is 11.5. The fourth-order valence-electron chi connectivity index (χ4n) is 2.68. The summed E-state index contributed by atoms with van der Waals surface area (Å²) in [5, 5.41) is 11.6. The number of hydrogen-bond acceptors (Lipinski definition) is 9. The maximum absolute atomic E-state index is 11.9. The first-order chi connectivity index (χ1) is 13.7. The zero-order chi connectivity index (χ0) is 21.9. The van der Waals surface area contributed by atoms with Crippen molar-refractivity contribution in [1.82, 2.24) is 4.98 Å². The van der Waals surface area contributed by atoms with Crippen molar-refractivity contribution in [3.05, 3.63) is 45.1 Å². The fraction of sp³-hybridized carbons (Fsp3) is 0.278. The molecule has 1 unspecified atom stereocenters. The number of carbonyl (C=O) groups is 2. The Hall–Kier alpha value is -3.40. The third kappa shape index (κ3) is 4.21. The average Bonchev–Trinajstić information content (AvgIpc) is 2.68. The molecule has 1 heterocycles. The van der Waals surface area contributed by atoms with Crippen LogP contribution in [0.3, 0.4) is 0 Å². The minimum absolute atomic E-state index is 0.0772. The lowest BCUT2D eigenvalue weighted by molar-refractivity contribution is -0.384. The van der Waals surface area contributed by atoms with Crippen molar-refractivity contribution in [3.8, 4) is 11.5 Å². The number of nitro benzene ring substituents is 1. The van der Waals surface area contributed by atoms with Crippen LogP contribution >= 0.6 is 11.6 Å². The number of esters is 2. The predicted molar refractivity (Wildman–Crippen MR) is 102 cm³/mol. The van der Waals surface area contributed by atoms with Crippen LogP contribution in [0.1, 0.15) is 18.6 Å². The highest BCUT2D eigenvalue weighted by atomic mass is 35.5. The van der Waals surface area contributed by atoms with Crippen LogP contribution in [0, 0.1) is 10.1 Å². The van der Waals surface area contributed by atoms with Gasteiger partial charge in [-0.3, -0.25) is 14.9 Å². The van der Waals surface area contributed by atoms with Gasteiger partial charge >= 0.3 is 17.6 Å². The van der Waals surface area contributed by atoms with E-state index in [9.17, 15) is 19.7 Å². The summed E-state index contributed by atoms with van der Waals surface area (Å²) < 4.78 is 20.1. The van der Waals surface area contributed by atoms with Crippen LogP contribution in [0.25, 0.3) is 10.9 Å². The van der Waals surface area contributed by atoms with E-state index in [-0.39, 0.29) is 38.7 Å². The van der Waals surface area contributed by atoms with E-state index in [1.807, 2.05) is 0 Å². The van der Waals surface area contributed by atoms with Crippen LogP contribution in [0.15, 0.2) is 24.3 Å². The molecule has 0 aliphatic carbocycles. The molecule has 10 nitrogen and oxygen atoms in total. The SMILES string of the molecule is C=C(C(=O)OC)C(OC(C)=O)c1cc2cc(OC)c(OC)c([N+](=O)[O-])c2nc1Cl. The van der Waals surface area contributed by atoms with Gasteiger partial charge in [-0.2, -0.15) is 0 Å². The van der Waals surface area contributed by atoms with E-state index >= 15 is 0 Å². The number of benzene rings is 1. The average molecular weight is 425 g/mol. The van der Waals surface area contributed by atoms with Gasteiger partial charge in [-0.25, -0.2) is 9.78 Å². The Morgan fingerprint density at radius 1 is 1.24 bits per heavy atom. The maximum atomic E-state index is 11.9. The number of methoxy groups -OCH3 is 3.